The molecule has 0 fully saturated rings. The third kappa shape index (κ3) is 12.0. The number of nitrogens with one attached hydrogen (secondary N) is 4. The molecule has 1 aromatic rings. The molecular weight excluding hydrogens is 494 g/mol. The predicted octanol–water partition coefficient (Wildman–Crippen LogP) is -2.71. The van der Waals surface area contributed by atoms with Crippen LogP contribution in [-0.2, 0) is 35.2 Å². The molecule has 206 valence electrons. The summed E-state index contributed by atoms with van der Waals surface area (Å²) in [7, 11) is 0. The molecule has 0 aliphatic rings. The Labute approximate surface area is 211 Å². The molecule has 0 saturated carbocycles. The average Bonchev–Trinajstić information content (AvgIpc) is 3.32. The fraction of sp³-hybridized carbons (Fsp3) is 0.571. The summed E-state index contributed by atoms with van der Waals surface area (Å²) in [5.41, 5.74) is 11.5. The van der Waals surface area contributed by atoms with Crippen LogP contribution < -0.4 is 27.4 Å². The second-order valence-electron chi connectivity index (χ2n) is 8.22. The number of unbranched alkanes of at least 4 members (excludes halogenated alkanes) is 1. The highest BCUT2D eigenvalue weighted by molar-refractivity contribution is 5.94. The van der Waals surface area contributed by atoms with Crippen molar-refractivity contribution in [1.29, 1.82) is 0 Å². The number of nitrogens with two attached hydrogens (primary N) is 2. The monoisotopic (exact) mass is 527 g/mol. The Balaban J connectivity index is 3.06. The van der Waals surface area contributed by atoms with Gasteiger partial charge >= 0.3 is 17.9 Å². The highest BCUT2D eigenvalue weighted by atomic mass is 16.4. The Morgan fingerprint density at radius 1 is 0.865 bits per heavy atom. The van der Waals surface area contributed by atoms with Crippen molar-refractivity contribution in [3.8, 4) is 0 Å². The number of aliphatic carboxylic acids is 3. The van der Waals surface area contributed by atoms with Gasteiger partial charge in [-0.15, -0.1) is 0 Å². The van der Waals surface area contributed by atoms with Gasteiger partial charge in [0.25, 0.3) is 0 Å². The quantitative estimate of drug-likeness (QED) is 0.0881. The van der Waals surface area contributed by atoms with E-state index in [9.17, 15) is 33.9 Å². The molecule has 16 nitrogen and oxygen atoms in total. The SMILES string of the molecule is NCCCCC(NC(=O)C(N)CC(=O)O)C(=O)NC(Cc1cnc[nH]1)C(=O)NC(CCC(=O)O)C(=O)O. The highest BCUT2D eigenvalue weighted by Gasteiger charge is 2.31. The summed E-state index contributed by atoms with van der Waals surface area (Å²) in [4.78, 5) is 78.1. The van der Waals surface area contributed by atoms with Crippen LogP contribution in [0.5, 0.6) is 0 Å². The Kier molecular flexibility index (Phi) is 13.3. The number of imidazole rings is 1. The van der Waals surface area contributed by atoms with Crippen LogP contribution in [0.2, 0.25) is 0 Å². The highest BCUT2D eigenvalue weighted by Crippen LogP contribution is 2.07. The molecule has 0 saturated heterocycles. The van der Waals surface area contributed by atoms with Crippen LogP contribution in [-0.4, -0.2) is 91.6 Å². The molecule has 0 radical (unpaired) electrons. The zero-order valence-corrected chi connectivity index (χ0v) is 20.0. The van der Waals surface area contributed by atoms with E-state index in [0.29, 0.717) is 25.1 Å². The molecule has 4 unspecified atom stereocenters. The van der Waals surface area contributed by atoms with Gasteiger partial charge in [-0.1, -0.05) is 0 Å². The van der Waals surface area contributed by atoms with Crippen LogP contribution in [0.25, 0.3) is 0 Å². The first-order valence-corrected chi connectivity index (χ1v) is 11.4. The van der Waals surface area contributed by atoms with Gasteiger partial charge in [-0.2, -0.15) is 0 Å². The molecule has 3 amide bonds. The number of carbonyl (C=O) groups is 6. The smallest absolute Gasteiger partial charge is 0.326 e. The summed E-state index contributed by atoms with van der Waals surface area (Å²) in [6.45, 7) is 0.318. The van der Waals surface area contributed by atoms with Gasteiger partial charge < -0.3 is 47.7 Å². The van der Waals surface area contributed by atoms with Crippen molar-refractivity contribution in [2.75, 3.05) is 6.54 Å². The van der Waals surface area contributed by atoms with Crippen molar-refractivity contribution in [2.45, 2.75) is 69.1 Å². The number of nitrogens with zero attached hydrogens (tertiary/aromatic N) is 1. The number of H-pyrrole nitrogens is 1. The predicted molar refractivity (Wildman–Crippen MR) is 126 cm³/mol. The van der Waals surface area contributed by atoms with Crippen molar-refractivity contribution < 1.29 is 44.1 Å². The lowest BCUT2D eigenvalue weighted by molar-refractivity contribution is -0.143. The minimum absolute atomic E-state index is 0.101. The summed E-state index contributed by atoms with van der Waals surface area (Å²) in [5.74, 6) is -6.61. The van der Waals surface area contributed by atoms with E-state index in [1.165, 1.54) is 12.5 Å². The van der Waals surface area contributed by atoms with Crippen LogP contribution in [0.3, 0.4) is 0 Å². The number of aromatic nitrogens is 2. The molecule has 37 heavy (non-hydrogen) atoms. The topological polar surface area (TPSA) is 280 Å². The summed E-state index contributed by atoms with van der Waals surface area (Å²) in [5, 5.41) is 34.1. The zero-order chi connectivity index (χ0) is 28.0. The lowest BCUT2D eigenvalue weighted by atomic mass is 10.0. The first-order valence-electron chi connectivity index (χ1n) is 11.4. The van der Waals surface area contributed by atoms with E-state index in [0.717, 1.165) is 0 Å². The van der Waals surface area contributed by atoms with Gasteiger partial charge in [-0.05, 0) is 32.2 Å². The molecule has 0 bridgehead atoms. The lowest BCUT2D eigenvalue weighted by Gasteiger charge is -2.25. The van der Waals surface area contributed by atoms with Crippen LogP contribution in [0.15, 0.2) is 12.5 Å². The first kappa shape index (κ1) is 31.0. The molecular formula is C21H33N7O9. The molecule has 0 aliphatic carbocycles. The van der Waals surface area contributed by atoms with E-state index in [4.69, 9.17) is 21.7 Å². The van der Waals surface area contributed by atoms with E-state index in [-0.39, 0.29) is 19.3 Å². The Bertz CT molecular complexity index is 939. The Morgan fingerprint density at radius 3 is 2.03 bits per heavy atom. The number of hydrogen-bond donors (Lipinski definition) is 9. The average molecular weight is 528 g/mol. The number of carbonyl (C=O) groups excluding carboxylic acids is 3. The van der Waals surface area contributed by atoms with E-state index in [2.05, 4.69) is 25.9 Å². The molecule has 1 rings (SSSR count). The summed E-state index contributed by atoms with van der Waals surface area (Å²) >= 11 is 0. The Morgan fingerprint density at radius 2 is 1.49 bits per heavy atom. The maximum absolute atomic E-state index is 13.1. The minimum Gasteiger partial charge on any atom is -0.481 e. The molecule has 0 aromatic carbocycles. The van der Waals surface area contributed by atoms with E-state index in [1.807, 2.05) is 0 Å². The van der Waals surface area contributed by atoms with Crippen LogP contribution in [0, 0.1) is 0 Å². The molecule has 1 heterocycles. The van der Waals surface area contributed by atoms with Crippen LogP contribution in [0.1, 0.15) is 44.2 Å². The number of amides is 3. The molecule has 0 spiro atoms. The normalized spacial score (nSPS) is 14.0. The van der Waals surface area contributed by atoms with Crippen molar-refractivity contribution in [1.82, 2.24) is 25.9 Å². The van der Waals surface area contributed by atoms with E-state index >= 15 is 0 Å². The molecule has 1 aromatic heterocycles. The number of carboxylic acid groups (broad SMARTS) is 3. The molecule has 16 heteroatoms. The minimum atomic E-state index is -1.53. The molecule has 11 N–H and O–H groups in total. The van der Waals surface area contributed by atoms with Gasteiger partial charge in [0.15, 0.2) is 0 Å². The maximum Gasteiger partial charge on any atom is 0.326 e. The largest absolute Gasteiger partial charge is 0.481 e. The second kappa shape index (κ2) is 15.8. The van der Waals surface area contributed by atoms with Crippen LogP contribution in [0.4, 0.5) is 0 Å². The van der Waals surface area contributed by atoms with Gasteiger partial charge in [-0.3, -0.25) is 24.0 Å². The van der Waals surface area contributed by atoms with E-state index < -0.39 is 72.6 Å². The van der Waals surface area contributed by atoms with Gasteiger partial charge in [0.05, 0.1) is 18.8 Å². The summed E-state index contributed by atoms with van der Waals surface area (Å²) in [6.07, 6.45) is 2.05. The van der Waals surface area contributed by atoms with Gasteiger partial charge in [0, 0.05) is 24.7 Å². The summed E-state index contributed by atoms with van der Waals surface area (Å²) < 4.78 is 0. The first-order chi connectivity index (χ1) is 17.4. The molecule has 0 aliphatic heterocycles. The third-order valence-electron chi connectivity index (χ3n) is 5.18. The lowest BCUT2D eigenvalue weighted by Crippen LogP contribution is -2.57. The Hall–Kier alpha value is -4.05. The van der Waals surface area contributed by atoms with Crippen molar-refractivity contribution in [3.63, 3.8) is 0 Å². The van der Waals surface area contributed by atoms with Crippen molar-refractivity contribution in [2.24, 2.45) is 11.5 Å². The fourth-order valence-corrected chi connectivity index (χ4v) is 3.22. The van der Waals surface area contributed by atoms with Gasteiger partial charge in [-0.25, -0.2) is 9.78 Å². The zero-order valence-electron chi connectivity index (χ0n) is 20.0. The third-order valence-corrected chi connectivity index (χ3v) is 5.18. The molecule has 4 atom stereocenters. The maximum atomic E-state index is 13.1. The van der Waals surface area contributed by atoms with E-state index in [1.54, 1.807) is 0 Å². The van der Waals surface area contributed by atoms with Gasteiger partial charge in [0.2, 0.25) is 17.7 Å². The standard InChI is InChI=1S/C21H33N7O9/c22-6-2-1-3-13(26-18(33)12(23)8-17(31)32)19(34)28-15(7-11-9-24-10-25-11)20(35)27-14(21(36)37)4-5-16(29)30/h9-10,12-15H,1-8,22-23H2,(H,24,25)(H,26,33)(H,27,35)(H,28,34)(H,29,30)(H,31,32)(H,36,37). The number of hydrogen-bond acceptors (Lipinski definition) is 9. The second-order valence-corrected chi connectivity index (χ2v) is 8.22. The fourth-order valence-electron chi connectivity index (χ4n) is 3.22. The van der Waals surface area contributed by atoms with Crippen molar-refractivity contribution in [3.05, 3.63) is 18.2 Å². The van der Waals surface area contributed by atoms with Crippen molar-refractivity contribution >= 4 is 35.6 Å². The number of rotatable bonds is 18. The van der Waals surface area contributed by atoms with Crippen LogP contribution >= 0.6 is 0 Å². The number of aromatic amines is 1. The van der Waals surface area contributed by atoms with Gasteiger partial charge in [0.1, 0.15) is 18.1 Å². The number of carboxylic acids is 3. The summed E-state index contributed by atoms with van der Waals surface area (Å²) in [6, 6.07) is -5.48.